The van der Waals surface area contributed by atoms with Gasteiger partial charge in [-0.25, -0.2) is 0 Å². The predicted molar refractivity (Wildman–Crippen MR) is 138 cm³/mol. The average molecular weight is 474 g/mol. The number of carbonyl (C=O) groups excluding carboxylic acids is 2. The largest absolute Gasteiger partial charge is 0.354 e. The molecule has 0 spiro atoms. The first-order valence-electron chi connectivity index (χ1n) is 15.0. The van der Waals surface area contributed by atoms with Crippen molar-refractivity contribution in [3.8, 4) is 0 Å². The van der Waals surface area contributed by atoms with Crippen LogP contribution in [-0.2, 0) is 9.59 Å². The number of hydrogen-bond acceptors (Lipinski definition) is 3. The molecule has 34 heavy (non-hydrogen) atoms. The first-order chi connectivity index (χ1) is 16.7. The van der Waals surface area contributed by atoms with E-state index in [1.807, 2.05) is 4.90 Å². The molecule has 0 radical (unpaired) electrons. The van der Waals surface area contributed by atoms with Crippen LogP contribution in [0.25, 0.3) is 0 Å². The Morgan fingerprint density at radius 1 is 0.706 bits per heavy atom. The Bertz CT molecular complexity index is 621. The molecule has 2 atom stereocenters. The van der Waals surface area contributed by atoms with E-state index in [9.17, 15) is 9.59 Å². The first-order valence-corrected chi connectivity index (χ1v) is 15.0. The SMILES string of the molecule is O=C(NCC1CCCCC1)C1CCCN1C(=O)C(CC1CCCCC1)NCCC1CCCCC1. The summed E-state index contributed by atoms with van der Waals surface area (Å²) in [6.45, 7) is 2.48. The molecule has 4 fully saturated rings. The van der Waals surface area contributed by atoms with E-state index in [4.69, 9.17) is 0 Å². The van der Waals surface area contributed by atoms with Gasteiger partial charge in [0, 0.05) is 13.1 Å². The number of nitrogens with one attached hydrogen (secondary N) is 2. The molecular formula is C29H51N3O2. The second-order valence-corrected chi connectivity index (χ2v) is 12.0. The Kier molecular flexibility index (Phi) is 10.6. The van der Waals surface area contributed by atoms with E-state index in [1.54, 1.807) is 0 Å². The third kappa shape index (κ3) is 7.70. The lowest BCUT2D eigenvalue weighted by Gasteiger charge is -2.32. The topological polar surface area (TPSA) is 61.4 Å². The minimum atomic E-state index is -0.259. The van der Waals surface area contributed by atoms with Gasteiger partial charge < -0.3 is 15.5 Å². The summed E-state index contributed by atoms with van der Waals surface area (Å²) in [6.07, 6.45) is 23.7. The zero-order valence-electron chi connectivity index (χ0n) is 21.7. The smallest absolute Gasteiger partial charge is 0.242 e. The van der Waals surface area contributed by atoms with Crippen molar-refractivity contribution in [2.24, 2.45) is 17.8 Å². The van der Waals surface area contributed by atoms with Crippen molar-refractivity contribution in [2.45, 2.75) is 134 Å². The Morgan fingerprint density at radius 2 is 1.29 bits per heavy atom. The lowest BCUT2D eigenvalue weighted by molar-refractivity contribution is -0.140. The van der Waals surface area contributed by atoms with Crippen LogP contribution in [0.15, 0.2) is 0 Å². The highest BCUT2D eigenvalue weighted by Crippen LogP contribution is 2.30. The molecule has 5 nitrogen and oxygen atoms in total. The van der Waals surface area contributed by atoms with Crippen LogP contribution >= 0.6 is 0 Å². The van der Waals surface area contributed by atoms with E-state index in [-0.39, 0.29) is 23.9 Å². The number of carbonyl (C=O) groups is 2. The molecule has 0 aromatic heterocycles. The van der Waals surface area contributed by atoms with Gasteiger partial charge in [-0.05, 0) is 62.8 Å². The van der Waals surface area contributed by atoms with Crippen molar-refractivity contribution < 1.29 is 9.59 Å². The Morgan fingerprint density at radius 3 is 1.94 bits per heavy atom. The summed E-state index contributed by atoms with van der Waals surface area (Å²) in [7, 11) is 0. The zero-order valence-corrected chi connectivity index (χ0v) is 21.7. The molecule has 3 saturated carbocycles. The average Bonchev–Trinajstić information content (AvgIpc) is 3.38. The van der Waals surface area contributed by atoms with Gasteiger partial charge in [-0.15, -0.1) is 0 Å². The standard InChI is InChI=1S/C29H51N3O2/c33-28(31-22-25-15-8-3-9-16-25)27-17-10-20-32(27)29(34)26(21-24-13-6-2-7-14-24)30-19-18-23-11-4-1-5-12-23/h23-27,30H,1-22H2,(H,31,33). The quantitative estimate of drug-likeness (QED) is 0.436. The molecule has 1 saturated heterocycles. The van der Waals surface area contributed by atoms with Gasteiger partial charge in [-0.3, -0.25) is 9.59 Å². The summed E-state index contributed by atoms with van der Waals surface area (Å²) < 4.78 is 0. The molecule has 2 amide bonds. The highest BCUT2D eigenvalue weighted by molar-refractivity contribution is 5.90. The van der Waals surface area contributed by atoms with Gasteiger partial charge in [0.2, 0.25) is 11.8 Å². The van der Waals surface area contributed by atoms with Crippen molar-refractivity contribution in [1.82, 2.24) is 15.5 Å². The van der Waals surface area contributed by atoms with Crippen molar-refractivity contribution in [3.63, 3.8) is 0 Å². The molecule has 3 aliphatic carbocycles. The van der Waals surface area contributed by atoms with Crippen LogP contribution in [0.2, 0.25) is 0 Å². The van der Waals surface area contributed by atoms with E-state index >= 15 is 0 Å². The van der Waals surface area contributed by atoms with Crippen LogP contribution in [0, 0.1) is 17.8 Å². The maximum atomic E-state index is 13.8. The third-order valence-corrected chi connectivity index (χ3v) is 9.39. The summed E-state index contributed by atoms with van der Waals surface area (Å²) >= 11 is 0. The van der Waals surface area contributed by atoms with E-state index in [1.165, 1.54) is 103 Å². The normalized spacial score (nSPS) is 26.5. The van der Waals surface area contributed by atoms with E-state index in [0.717, 1.165) is 44.8 Å². The minimum absolute atomic E-state index is 0.0926. The Labute approximate surface area is 208 Å². The summed E-state index contributed by atoms with van der Waals surface area (Å²) in [6, 6.07) is -0.372. The third-order valence-electron chi connectivity index (χ3n) is 9.39. The molecule has 2 N–H and O–H groups in total. The van der Waals surface area contributed by atoms with Crippen LogP contribution in [-0.4, -0.2) is 48.4 Å². The van der Waals surface area contributed by atoms with Gasteiger partial charge in [0.05, 0.1) is 6.04 Å². The van der Waals surface area contributed by atoms with Gasteiger partial charge in [-0.1, -0.05) is 83.5 Å². The molecule has 0 aromatic carbocycles. The molecule has 4 aliphatic rings. The summed E-state index contributed by atoms with van der Waals surface area (Å²) in [4.78, 5) is 28.9. The molecule has 5 heteroatoms. The molecule has 2 unspecified atom stereocenters. The maximum absolute atomic E-state index is 13.8. The van der Waals surface area contributed by atoms with E-state index < -0.39 is 0 Å². The predicted octanol–water partition coefficient (Wildman–Crippen LogP) is 5.57. The van der Waals surface area contributed by atoms with Crippen molar-refractivity contribution in [2.75, 3.05) is 19.6 Å². The highest BCUT2D eigenvalue weighted by Gasteiger charge is 2.38. The maximum Gasteiger partial charge on any atom is 0.242 e. The van der Waals surface area contributed by atoms with Gasteiger partial charge >= 0.3 is 0 Å². The fourth-order valence-corrected chi connectivity index (χ4v) is 7.22. The number of hydrogen-bond donors (Lipinski definition) is 2. The second-order valence-electron chi connectivity index (χ2n) is 12.0. The van der Waals surface area contributed by atoms with E-state index in [0.29, 0.717) is 11.8 Å². The van der Waals surface area contributed by atoms with Gasteiger partial charge in [0.15, 0.2) is 0 Å². The van der Waals surface area contributed by atoms with Crippen LogP contribution < -0.4 is 10.6 Å². The van der Waals surface area contributed by atoms with Gasteiger partial charge in [0.1, 0.15) is 6.04 Å². The molecule has 1 heterocycles. The molecule has 194 valence electrons. The van der Waals surface area contributed by atoms with E-state index in [2.05, 4.69) is 10.6 Å². The zero-order chi connectivity index (χ0) is 23.6. The monoisotopic (exact) mass is 473 g/mol. The number of amides is 2. The fraction of sp³-hybridized carbons (Fsp3) is 0.931. The first kappa shape index (κ1) is 26.0. The van der Waals surface area contributed by atoms with Crippen LogP contribution in [0.5, 0.6) is 0 Å². The van der Waals surface area contributed by atoms with Gasteiger partial charge in [0.25, 0.3) is 0 Å². The lowest BCUT2D eigenvalue weighted by Crippen LogP contribution is -2.53. The number of nitrogens with zero attached hydrogens (tertiary/aromatic N) is 1. The highest BCUT2D eigenvalue weighted by atomic mass is 16.2. The van der Waals surface area contributed by atoms with Crippen LogP contribution in [0.4, 0.5) is 0 Å². The minimum Gasteiger partial charge on any atom is -0.354 e. The Hall–Kier alpha value is -1.10. The summed E-state index contributed by atoms with van der Waals surface area (Å²) in [5.41, 5.74) is 0. The van der Waals surface area contributed by atoms with Crippen LogP contribution in [0.1, 0.15) is 122 Å². The van der Waals surface area contributed by atoms with Crippen molar-refractivity contribution >= 4 is 11.8 Å². The van der Waals surface area contributed by atoms with Gasteiger partial charge in [-0.2, -0.15) is 0 Å². The molecule has 0 aromatic rings. The molecule has 1 aliphatic heterocycles. The summed E-state index contributed by atoms with van der Waals surface area (Å²) in [5.74, 6) is 2.41. The van der Waals surface area contributed by atoms with Crippen LogP contribution in [0.3, 0.4) is 0 Å². The molecule has 4 rings (SSSR count). The van der Waals surface area contributed by atoms with Crippen molar-refractivity contribution in [3.05, 3.63) is 0 Å². The number of rotatable bonds is 10. The lowest BCUT2D eigenvalue weighted by atomic mass is 9.84. The van der Waals surface area contributed by atoms with Crippen molar-refractivity contribution in [1.29, 1.82) is 0 Å². The Balaban J connectivity index is 1.31. The second kappa shape index (κ2) is 13.8. The molecular weight excluding hydrogens is 422 g/mol. The number of likely N-dealkylation sites (tertiary alicyclic amines) is 1. The molecule has 0 bridgehead atoms. The summed E-state index contributed by atoms with van der Waals surface area (Å²) in [5, 5.41) is 6.94. The fourth-order valence-electron chi connectivity index (χ4n) is 7.22.